The summed E-state index contributed by atoms with van der Waals surface area (Å²) in [6.45, 7) is 0. The third-order valence-electron chi connectivity index (χ3n) is 2.32. The zero-order chi connectivity index (χ0) is 14.9. The van der Waals surface area contributed by atoms with Gasteiger partial charge in [0.1, 0.15) is 16.9 Å². The summed E-state index contributed by atoms with van der Waals surface area (Å²) in [7, 11) is 0. The Morgan fingerprint density at radius 3 is 2.75 bits per heavy atom. The molecule has 1 aromatic heterocycles. The Bertz CT molecular complexity index is 697. The topological polar surface area (TPSA) is 91.3 Å². The molecule has 0 saturated carbocycles. The van der Waals surface area contributed by atoms with Crippen molar-refractivity contribution in [2.45, 2.75) is 0 Å². The molecular weight excluding hydrogens is 312 g/mol. The monoisotopic (exact) mass is 317 g/mol. The van der Waals surface area contributed by atoms with Gasteiger partial charge in [-0.25, -0.2) is 9.37 Å². The van der Waals surface area contributed by atoms with Crippen LogP contribution in [0.2, 0.25) is 10.0 Å². The van der Waals surface area contributed by atoms with Gasteiger partial charge in [-0.05, 0) is 12.1 Å². The van der Waals surface area contributed by atoms with Crippen molar-refractivity contribution < 1.29 is 14.1 Å². The lowest BCUT2D eigenvalue weighted by molar-refractivity contribution is -0.384. The molecule has 0 amide bonds. The molecule has 2 aromatic rings. The molecule has 9 heteroatoms. The molecule has 20 heavy (non-hydrogen) atoms. The number of ether oxygens (including phenoxy) is 1. The highest BCUT2D eigenvalue weighted by atomic mass is 35.5. The Balaban J connectivity index is 2.42. The fourth-order valence-corrected chi connectivity index (χ4v) is 1.71. The van der Waals surface area contributed by atoms with Gasteiger partial charge < -0.3 is 10.5 Å². The second kappa shape index (κ2) is 5.48. The second-order valence-corrected chi connectivity index (χ2v) is 4.37. The number of hydrogen-bond donors (Lipinski definition) is 1. The number of hydrogen-bond acceptors (Lipinski definition) is 5. The van der Waals surface area contributed by atoms with Crippen molar-refractivity contribution in [3.8, 4) is 11.6 Å². The molecule has 1 aromatic carbocycles. The summed E-state index contributed by atoms with van der Waals surface area (Å²) in [6, 6.07) is 4.10. The van der Waals surface area contributed by atoms with Crippen molar-refractivity contribution in [2.24, 2.45) is 0 Å². The average molecular weight is 318 g/mol. The molecule has 0 unspecified atom stereocenters. The number of halogens is 3. The van der Waals surface area contributed by atoms with E-state index >= 15 is 0 Å². The van der Waals surface area contributed by atoms with E-state index in [2.05, 4.69) is 4.98 Å². The molecule has 0 bridgehead atoms. The lowest BCUT2D eigenvalue weighted by Gasteiger charge is -2.09. The summed E-state index contributed by atoms with van der Waals surface area (Å²) < 4.78 is 18.8. The van der Waals surface area contributed by atoms with Gasteiger partial charge >= 0.3 is 5.69 Å². The van der Waals surface area contributed by atoms with Gasteiger partial charge in [0, 0.05) is 0 Å². The van der Waals surface area contributed by atoms with Gasteiger partial charge in [-0.1, -0.05) is 29.3 Å². The molecule has 0 radical (unpaired) electrons. The smallest absolute Gasteiger partial charge is 0.312 e. The fourth-order valence-electron chi connectivity index (χ4n) is 1.36. The maximum absolute atomic E-state index is 13.7. The zero-order valence-electron chi connectivity index (χ0n) is 9.64. The van der Waals surface area contributed by atoms with Crippen LogP contribution in [-0.4, -0.2) is 9.91 Å². The number of aromatic nitrogens is 1. The van der Waals surface area contributed by atoms with Crippen LogP contribution in [0.4, 0.5) is 15.8 Å². The van der Waals surface area contributed by atoms with Gasteiger partial charge in [-0.15, -0.1) is 0 Å². The number of nitrogens with zero attached hydrogens (tertiary/aromatic N) is 2. The van der Waals surface area contributed by atoms with E-state index in [4.69, 9.17) is 33.7 Å². The van der Waals surface area contributed by atoms with Crippen molar-refractivity contribution in [2.75, 3.05) is 5.73 Å². The van der Waals surface area contributed by atoms with Gasteiger partial charge in [-0.3, -0.25) is 10.1 Å². The number of nitrogen functional groups attached to an aromatic ring is 1. The Kier molecular flexibility index (Phi) is 3.91. The van der Waals surface area contributed by atoms with Crippen LogP contribution in [0.25, 0.3) is 0 Å². The van der Waals surface area contributed by atoms with E-state index < -0.39 is 16.4 Å². The Morgan fingerprint density at radius 2 is 2.10 bits per heavy atom. The number of anilines is 1. The molecule has 0 aliphatic rings. The number of nitrogens with two attached hydrogens (primary N) is 1. The first-order valence-electron chi connectivity index (χ1n) is 5.12. The van der Waals surface area contributed by atoms with Crippen LogP contribution in [0, 0.1) is 15.9 Å². The fraction of sp³-hybridized carbons (Fsp3) is 0. The summed E-state index contributed by atoms with van der Waals surface area (Å²) in [4.78, 5) is 13.6. The van der Waals surface area contributed by atoms with Crippen LogP contribution < -0.4 is 10.5 Å². The van der Waals surface area contributed by atoms with Crippen molar-refractivity contribution in [3.05, 3.63) is 50.4 Å². The van der Waals surface area contributed by atoms with E-state index in [0.717, 1.165) is 6.20 Å². The first-order chi connectivity index (χ1) is 9.41. The van der Waals surface area contributed by atoms with Crippen LogP contribution in [0.5, 0.6) is 11.6 Å². The van der Waals surface area contributed by atoms with Crippen molar-refractivity contribution in [1.29, 1.82) is 0 Å². The van der Waals surface area contributed by atoms with Gasteiger partial charge in [0.15, 0.2) is 11.6 Å². The third-order valence-corrected chi connectivity index (χ3v) is 2.98. The van der Waals surface area contributed by atoms with E-state index in [-0.39, 0.29) is 27.4 Å². The van der Waals surface area contributed by atoms with Crippen LogP contribution in [0.15, 0.2) is 24.4 Å². The van der Waals surface area contributed by atoms with Gasteiger partial charge in [0.2, 0.25) is 5.88 Å². The molecule has 6 nitrogen and oxygen atoms in total. The van der Waals surface area contributed by atoms with E-state index in [1.165, 1.54) is 18.2 Å². The van der Waals surface area contributed by atoms with Crippen LogP contribution in [0.3, 0.4) is 0 Å². The number of nitro groups is 1. The van der Waals surface area contributed by atoms with E-state index in [1.54, 1.807) is 0 Å². The standard InChI is InChI=1S/C11H6Cl2FN3O3/c12-5-2-1-3-7(9(5)14)20-11-8(13)10(15)6(4-16-11)17(18)19/h1-4H,(H2,15,16). The first kappa shape index (κ1) is 14.3. The minimum Gasteiger partial charge on any atom is -0.434 e. The highest BCUT2D eigenvalue weighted by Crippen LogP contribution is 2.38. The van der Waals surface area contributed by atoms with Crippen LogP contribution in [0.1, 0.15) is 0 Å². The molecule has 0 saturated heterocycles. The highest BCUT2D eigenvalue weighted by Gasteiger charge is 2.21. The van der Waals surface area contributed by atoms with E-state index in [0.29, 0.717) is 0 Å². The minimum absolute atomic E-state index is 0.145. The SMILES string of the molecule is Nc1c([N+](=O)[O-])cnc(Oc2cccc(Cl)c2F)c1Cl. The molecule has 2 N–H and O–H groups in total. The molecule has 104 valence electrons. The lowest BCUT2D eigenvalue weighted by atomic mass is 10.3. The normalized spacial score (nSPS) is 10.3. The van der Waals surface area contributed by atoms with Gasteiger partial charge in [0.25, 0.3) is 0 Å². The summed E-state index contributed by atoms with van der Waals surface area (Å²) in [5.41, 5.74) is 4.71. The summed E-state index contributed by atoms with van der Waals surface area (Å²) in [5, 5.41) is 10.2. The highest BCUT2D eigenvalue weighted by molar-refractivity contribution is 6.34. The van der Waals surface area contributed by atoms with Crippen molar-refractivity contribution in [1.82, 2.24) is 4.98 Å². The molecule has 0 atom stereocenters. The summed E-state index contributed by atoms with van der Waals surface area (Å²) in [5.74, 6) is -1.28. The summed E-state index contributed by atoms with van der Waals surface area (Å²) >= 11 is 11.4. The number of pyridine rings is 1. The van der Waals surface area contributed by atoms with Gasteiger partial charge in [-0.2, -0.15) is 0 Å². The Morgan fingerprint density at radius 1 is 1.40 bits per heavy atom. The molecular formula is C11H6Cl2FN3O3. The molecule has 0 spiro atoms. The molecule has 0 aliphatic heterocycles. The number of rotatable bonds is 3. The van der Waals surface area contributed by atoms with Gasteiger partial charge in [0.05, 0.1) is 9.95 Å². The molecule has 0 fully saturated rings. The molecule has 0 aliphatic carbocycles. The quantitative estimate of drug-likeness (QED) is 0.686. The molecule has 1 heterocycles. The predicted octanol–water partition coefficient (Wildman–Crippen LogP) is 3.81. The van der Waals surface area contributed by atoms with E-state index in [9.17, 15) is 14.5 Å². The Labute approximate surface area is 122 Å². The second-order valence-electron chi connectivity index (χ2n) is 3.59. The minimum atomic E-state index is -0.802. The average Bonchev–Trinajstić information content (AvgIpc) is 2.40. The van der Waals surface area contributed by atoms with Crippen molar-refractivity contribution >= 4 is 34.6 Å². The summed E-state index contributed by atoms with van der Waals surface area (Å²) in [6.07, 6.45) is 0.874. The van der Waals surface area contributed by atoms with Crippen LogP contribution in [-0.2, 0) is 0 Å². The lowest BCUT2D eigenvalue weighted by Crippen LogP contribution is -2.00. The van der Waals surface area contributed by atoms with E-state index in [1.807, 2.05) is 0 Å². The number of benzene rings is 1. The molecule has 2 rings (SSSR count). The largest absolute Gasteiger partial charge is 0.434 e. The van der Waals surface area contributed by atoms with Crippen LogP contribution >= 0.6 is 23.2 Å². The maximum Gasteiger partial charge on any atom is 0.312 e. The van der Waals surface area contributed by atoms with Crippen molar-refractivity contribution in [3.63, 3.8) is 0 Å². The third kappa shape index (κ3) is 2.59. The zero-order valence-corrected chi connectivity index (χ0v) is 11.2. The predicted molar refractivity (Wildman–Crippen MR) is 71.8 cm³/mol. The Hall–Kier alpha value is -2.12. The maximum atomic E-state index is 13.7. The first-order valence-corrected chi connectivity index (χ1v) is 5.87.